The van der Waals surface area contributed by atoms with Crippen LogP contribution in [0.4, 0.5) is 0 Å². The zero-order chi connectivity index (χ0) is 35.4. The summed E-state index contributed by atoms with van der Waals surface area (Å²) in [5.41, 5.74) is 22.4. The van der Waals surface area contributed by atoms with E-state index in [0.717, 1.165) is 0 Å². The molecule has 0 aromatic rings. The van der Waals surface area contributed by atoms with Gasteiger partial charge >= 0.3 is 5.97 Å². The fourth-order valence-electron chi connectivity index (χ4n) is 5.13. The number of hydrogen-bond acceptors (Lipinski definition) is 12. The Labute approximate surface area is 275 Å². The van der Waals surface area contributed by atoms with Crippen LogP contribution >= 0.6 is 0 Å². The molecule has 0 aromatic heterocycles. The molecule has 0 unspecified atom stereocenters. The van der Waals surface area contributed by atoms with Crippen LogP contribution in [0, 0.1) is 0 Å². The normalized spacial score (nSPS) is 17.6. The van der Waals surface area contributed by atoms with Crippen molar-refractivity contribution in [1.82, 2.24) is 26.2 Å². The van der Waals surface area contributed by atoms with Gasteiger partial charge in [0.25, 0.3) is 0 Å². The molecule has 18 heteroatoms. The number of carbonyl (C=O) groups is 6. The fourth-order valence-corrected chi connectivity index (χ4v) is 5.13. The van der Waals surface area contributed by atoms with Crippen molar-refractivity contribution in [1.29, 1.82) is 0 Å². The third-order valence-electron chi connectivity index (χ3n) is 7.90. The Hall–Kier alpha value is -3.42. The van der Waals surface area contributed by atoms with Gasteiger partial charge in [-0.15, -0.1) is 0 Å². The second-order valence-electron chi connectivity index (χ2n) is 11.6. The first-order valence-corrected chi connectivity index (χ1v) is 16.3. The van der Waals surface area contributed by atoms with Gasteiger partial charge in [-0.05, 0) is 83.8 Å². The number of likely N-dealkylation sites (tertiary alicyclic amines) is 1. The molecule has 0 bridgehead atoms. The largest absolute Gasteiger partial charge is 0.480 e. The van der Waals surface area contributed by atoms with Crippen molar-refractivity contribution in [3.63, 3.8) is 0 Å². The Bertz CT molecular complexity index is 1020. The summed E-state index contributed by atoms with van der Waals surface area (Å²) in [5, 5.41) is 38.9. The lowest BCUT2D eigenvalue weighted by Gasteiger charge is -2.30. The summed E-state index contributed by atoms with van der Waals surface area (Å²) >= 11 is 0. The predicted molar refractivity (Wildman–Crippen MR) is 171 cm³/mol. The molecule has 0 saturated carbocycles. The van der Waals surface area contributed by atoms with E-state index in [0.29, 0.717) is 71.0 Å². The van der Waals surface area contributed by atoms with E-state index < -0.39 is 85.0 Å². The molecular weight excluding hydrogens is 618 g/mol. The Morgan fingerprint density at radius 2 is 1.15 bits per heavy atom. The van der Waals surface area contributed by atoms with Crippen molar-refractivity contribution in [3.05, 3.63) is 0 Å². The number of unbranched alkanes of at least 4 members (excludes halogenated alkanes) is 3. The Morgan fingerprint density at radius 3 is 1.68 bits per heavy atom. The average Bonchev–Trinajstić information content (AvgIpc) is 3.55. The van der Waals surface area contributed by atoms with Gasteiger partial charge in [0.2, 0.25) is 29.5 Å². The van der Waals surface area contributed by atoms with Crippen molar-refractivity contribution in [2.75, 3.05) is 39.4 Å². The number of aliphatic hydroxyl groups excluding tert-OH is 2. The summed E-state index contributed by atoms with van der Waals surface area (Å²) in [6.07, 6.45) is 4.46. The number of hydrogen-bond donors (Lipinski definition) is 11. The molecule has 0 spiro atoms. The van der Waals surface area contributed by atoms with E-state index in [1.165, 1.54) is 4.90 Å². The van der Waals surface area contributed by atoms with Crippen LogP contribution in [0.15, 0.2) is 0 Å². The topological polar surface area (TPSA) is 319 Å². The smallest absolute Gasteiger partial charge is 0.326 e. The van der Waals surface area contributed by atoms with E-state index in [1.54, 1.807) is 0 Å². The van der Waals surface area contributed by atoms with Crippen LogP contribution in [0.5, 0.6) is 0 Å². The highest BCUT2D eigenvalue weighted by atomic mass is 16.4. The molecule has 1 fully saturated rings. The number of aliphatic hydroxyl groups is 2. The maximum Gasteiger partial charge on any atom is 0.326 e. The zero-order valence-electron chi connectivity index (χ0n) is 27.0. The van der Waals surface area contributed by atoms with E-state index in [4.69, 9.17) is 22.9 Å². The molecule has 6 atom stereocenters. The van der Waals surface area contributed by atoms with Gasteiger partial charge in [0, 0.05) is 6.54 Å². The number of aliphatic carboxylic acids is 1. The van der Waals surface area contributed by atoms with Gasteiger partial charge < -0.3 is 64.4 Å². The number of carboxylic acid groups (broad SMARTS) is 1. The summed E-state index contributed by atoms with van der Waals surface area (Å²) in [6.45, 7) is -0.288. The van der Waals surface area contributed by atoms with Gasteiger partial charge in [-0.3, -0.25) is 24.0 Å². The zero-order valence-corrected chi connectivity index (χ0v) is 27.0. The fraction of sp³-hybridized carbons (Fsp3) is 0.793. The molecule has 270 valence electrons. The highest BCUT2D eigenvalue weighted by molar-refractivity contribution is 5.96. The van der Waals surface area contributed by atoms with Crippen LogP contribution in [-0.4, -0.2) is 131 Å². The van der Waals surface area contributed by atoms with Crippen molar-refractivity contribution < 1.29 is 44.1 Å². The van der Waals surface area contributed by atoms with Crippen LogP contribution in [0.1, 0.15) is 70.6 Å². The highest BCUT2D eigenvalue weighted by Crippen LogP contribution is 2.19. The molecule has 0 radical (unpaired) electrons. The third-order valence-corrected chi connectivity index (χ3v) is 7.90. The number of nitrogens with one attached hydrogen (secondary N) is 4. The maximum absolute atomic E-state index is 13.4. The molecule has 0 aromatic carbocycles. The first-order valence-electron chi connectivity index (χ1n) is 16.3. The van der Waals surface area contributed by atoms with Crippen LogP contribution in [0.25, 0.3) is 0 Å². The number of rotatable bonds is 24. The van der Waals surface area contributed by atoms with Crippen LogP contribution in [0.3, 0.4) is 0 Å². The summed E-state index contributed by atoms with van der Waals surface area (Å²) in [6, 6.07) is -7.22. The summed E-state index contributed by atoms with van der Waals surface area (Å²) in [5.74, 6) is -4.99. The van der Waals surface area contributed by atoms with Crippen molar-refractivity contribution in [2.45, 2.75) is 107 Å². The highest BCUT2D eigenvalue weighted by Gasteiger charge is 2.39. The van der Waals surface area contributed by atoms with Crippen molar-refractivity contribution in [2.24, 2.45) is 22.9 Å². The Balaban J connectivity index is 2.98. The van der Waals surface area contributed by atoms with E-state index in [9.17, 15) is 44.1 Å². The molecule has 1 aliphatic heterocycles. The standard InChI is InChI=1S/C29H55N9O9/c30-12-4-1-8-18(33)24(41)37-22(17-40)28(45)38-15-7-11-23(38)27(44)34-19(9-2-5-13-31)25(42)36-21(16-39)26(43)35-20(29(46)47)10-3-6-14-32/h18-23,39-40H,1-17,30-33H2,(H,34,44)(H,35,43)(H,36,42)(H,37,41)(H,46,47)/t18-,19-,20-,21-,22-,23-/m0/s1. The number of carbonyl (C=O) groups excluding carboxylic acids is 5. The summed E-state index contributed by atoms with van der Waals surface area (Å²) in [4.78, 5) is 78.2. The molecule has 15 N–H and O–H groups in total. The molecule has 18 nitrogen and oxygen atoms in total. The van der Waals surface area contributed by atoms with Crippen LogP contribution in [0.2, 0.25) is 0 Å². The minimum absolute atomic E-state index is 0.0984. The summed E-state index contributed by atoms with van der Waals surface area (Å²) < 4.78 is 0. The Morgan fingerprint density at radius 1 is 0.660 bits per heavy atom. The minimum Gasteiger partial charge on any atom is -0.480 e. The minimum atomic E-state index is -1.51. The molecule has 0 aliphatic carbocycles. The van der Waals surface area contributed by atoms with E-state index in [-0.39, 0.29) is 25.8 Å². The van der Waals surface area contributed by atoms with Gasteiger partial charge in [-0.2, -0.15) is 0 Å². The second kappa shape index (κ2) is 23.0. The molecule has 1 heterocycles. The van der Waals surface area contributed by atoms with Gasteiger partial charge in [0.1, 0.15) is 30.2 Å². The van der Waals surface area contributed by atoms with Crippen molar-refractivity contribution >= 4 is 35.5 Å². The summed E-state index contributed by atoms with van der Waals surface area (Å²) in [7, 11) is 0. The van der Waals surface area contributed by atoms with Crippen LogP contribution < -0.4 is 44.2 Å². The third kappa shape index (κ3) is 14.5. The maximum atomic E-state index is 13.4. The quantitative estimate of drug-likeness (QED) is 0.0433. The lowest BCUT2D eigenvalue weighted by Crippen LogP contribution is -2.59. The number of amides is 5. The first kappa shape index (κ1) is 41.6. The first-order chi connectivity index (χ1) is 22.4. The number of nitrogens with two attached hydrogens (primary N) is 4. The molecule has 1 aliphatic rings. The number of nitrogens with zero attached hydrogens (tertiary/aromatic N) is 1. The van der Waals surface area contributed by atoms with Gasteiger partial charge in [-0.25, -0.2) is 4.79 Å². The molecule has 47 heavy (non-hydrogen) atoms. The molecule has 5 amide bonds. The number of carboxylic acids is 1. The lowest BCUT2D eigenvalue weighted by atomic mass is 10.1. The predicted octanol–water partition coefficient (Wildman–Crippen LogP) is -4.30. The van der Waals surface area contributed by atoms with Crippen molar-refractivity contribution in [3.8, 4) is 0 Å². The Kier molecular flexibility index (Phi) is 20.4. The molecule has 1 saturated heterocycles. The van der Waals surface area contributed by atoms with E-state index in [2.05, 4.69) is 21.3 Å². The van der Waals surface area contributed by atoms with E-state index in [1.807, 2.05) is 0 Å². The SMILES string of the molecule is NCCCC[C@H](NC(=O)[C@H](CO)NC(=O)[C@H](CCCCN)NC(=O)[C@@H]1CCCN1C(=O)[C@H](CO)NC(=O)[C@@H](N)CCCCN)C(=O)O. The molecular formula is C29H55N9O9. The second-order valence-corrected chi connectivity index (χ2v) is 11.6. The van der Waals surface area contributed by atoms with Gasteiger partial charge in [-0.1, -0.05) is 6.42 Å². The molecule has 1 rings (SSSR count). The monoisotopic (exact) mass is 673 g/mol. The lowest BCUT2D eigenvalue weighted by molar-refractivity contribution is -0.143. The van der Waals surface area contributed by atoms with Gasteiger partial charge in [0.15, 0.2) is 0 Å². The van der Waals surface area contributed by atoms with Gasteiger partial charge in [0.05, 0.1) is 19.3 Å². The van der Waals surface area contributed by atoms with Crippen LogP contribution in [-0.2, 0) is 28.8 Å². The average molecular weight is 674 g/mol. The van der Waals surface area contributed by atoms with E-state index >= 15 is 0 Å².